The molecule has 1 rings (SSSR count). The predicted molar refractivity (Wildman–Crippen MR) is 74.6 cm³/mol. The maximum Gasteiger partial charge on any atom is 0.465 e. The zero-order valence-electron chi connectivity index (χ0n) is 11.6. The highest BCUT2D eigenvalue weighted by molar-refractivity contribution is 7.92. The van der Waals surface area contributed by atoms with Crippen LogP contribution >= 0.6 is 0 Å². The SMILES string of the molecule is CCC[C@H](CCO)[C@](F)([N+](=O)[O-])S(=O)(=O)c1ccccc1. The number of benzene rings is 1. The molecule has 0 aliphatic rings. The molecule has 0 radical (unpaired) electrons. The third kappa shape index (κ3) is 3.21. The molecule has 0 heterocycles. The molecule has 0 fully saturated rings. The molecule has 0 bridgehead atoms. The third-order valence-corrected chi connectivity index (χ3v) is 5.43. The second-order valence-electron chi connectivity index (χ2n) is 4.68. The van der Waals surface area contributed by atoms with Gasteiger partial charge in [-0.25, -0.2) is 8.42 Å². The standard InChI is InChI=1S/C13H18FNO5S/c1-2-6-11(9-10-16)13(14,15(17)18)21(19,20)12-7-4-3-5-8-12/h3-5,7-8,11,16H,2,6,9-10H2,1H3/t11-,13+/m1/s1. The van der Waals surface area contributed by atoms with Gasteiger partial charge in [-0.05, 0) is 25.0 Å². The van der Waals surface area contributed by atoms with Crippen LogP contribution in [-0.2, 0) is 9.84 Å². The van der Waals surface area contributed by atoms with Crippen molar-refractivity contribution in [1.82, 2.24) is 0 Å². The Kier molecular flexibility index (Phi) is 5.79. The van der Waals surface area contributed by atoms with Gasteiger partial charge in [0.2, 0.25) is 0 Å². The van der Waals surface area contributed by atoms with Gasteiger partial charge >= 0.3 is 5.12 Å². The monoisotopic (exact) mass is 319 g/mol. The number of halogens is 1. The summed E-state index contributed by atoms with van der Waals surface area (Å²) in [5.74, 6) is -1.41. The summed E-state index contributed by atoms with van der Waals surface area (Å²) >= 11 is 0. The Labute approximate surface area is 122 Å². The Morgan fingerprint density at radius 1 is 1.33 bits per heavy atom. The molecule has 21 heavy (non-hydrogen) atoms. The van der Waals surface area contributed by atoms with Crippen LogP contribution in [0.2, 0.25) is 0 Å². The maximum atomic E-state index is 15.0. The van der Waals surface area contributed by atoms with E-state index < -0.39 is 37.3 Å². The van der Waals surface area contributed by atoms with Gasteiger partial charge in [0.1, 0.15) is 0 Å². The molecule has 0 amide bonds. The fraction of sp³-hybridized carbons (Fsp3) is 0.538. The minimum absolute atomic E-state index is 0.00982. The van der Waals surface area contributed by atoms with E-state index in [4.69, 9.17) is 5.11 Å². The fourth-order valence-electron chi connectivity index (χ4n) is 2.24. The van der Waals surface area contributed by atoms with Gasteiger partial charge < -0.3 is 5.11 Å². The average molecular weight is 319 g/mol. The number of alkyl halides is 1. The number of hydrogen-bond donors (Lipinski definition) is 1. The van der Waals surface area contributed by atoms with Crippen molar-refractivity contribution in [3.8, 4) is 0 Å². The lowest BCUT2D eigenvalue weighted by Gasteiger charge is -2.25. The summed E-state index contributed by atoms with van der Waals surface area (Å²) in [5, 5.41) is 16.5. The molecule has 0 aromatic heterocycles. The van der Waals surface area contributed by atoms with Gasteiger partial charge in [-0.2, -0.15) is 0 Å². The van der Waals surface area contributed by atoms with E-state index in [1.54, 1.807) is 6.92 Å². The minimum Gasteiger partial charge on any atom is -0.396 e. The summed E-state index contributed by atoms with van der Waals surface area (Å²) in [5.41, 5.74) is 0. The van der Waals surface area contributed by atoms with E-state index in [1.807, 2.05) is 0 Å². The molecule has 6 nitrogen and oxygen atoms in total. The first kappa shape index (κ1) is 17.5. The average Bonchev–Trinajstić information content (AvgIpc) is 2.46. The Morgan fingerprint density at radius 3 is 2.33 bits per heavy atom. The first-order chi connectivity index (χ1) is 9.82. The van der Waals surface area contributed by atoms with Crippen LogP contribution in [0.15, 0.2) is 35.2 Å². The summed E-state index contributed by atoms with van der Waals surface area (Å²) in [6.07, 6.45) is 0.0654. The number of rotatable bonds is 8. The highest BCUT2D eigenvalue weighted by Crippen LogP contribution is 2.38. The second kappa shape index (κ2) is 6.95. The quantitative estimate of drug-likeness (QED) is 0.450. The van der Waals surface area contributed by atoms with Crippen molar-refractivity contribution in [2.24, 2.45) is 5.92 Å². The summed E-state index contributed by atoms with van der Waals surface area (Å²) < 4.78 is 39.8. The predicted octanol–water partition coefficient (Wildman–Crippen LogP) is 2.16. The highest BCUT2D eigenvalue weighted by Gasteiger charge is 2.62. The zero-order chi connectivity index (χ0) is 16.1. The first-order valence-corrected chi connectivity index (χ1v) is 8.04. The van der Waals surface area contributed by atoms with Crippen molar-refractivity contribution in [3.63, 3.8) is 0 Å². The van der Waals surface area contributed by atoms with E-state index in [1.165, 1.54) is 18.2 Å². The number of aliphatic hydroxyl groups is 1. The van der Waals surface area contributed by atoms with Gasteiger partial charge in [-0.15, -0.1) is 4.39 Å². The topological polar surface area (TPSA) is 97.5 Å². The smallest absolute Gasteiger partial charge is 0.396 e. The van der Waals surface area contributed by atoms with E-state index in [-0.39, 0.29) is 12.8 Å². The van der Waals surface area contributed by atoms with Crippen LogP contribution < -0.4 is 0 Å². The molecule has 0 aliphatic heterocycles. The lowest BCUT2D eigenvalue weighted by molar-refractivity contribution is -0.585. The lowest BCUT2D eigenvalue weighted by atomic mass is 9.99. The number of nitro groups is 1. The van der Waals surface area contributed by atoms with E-state index in [0.29, 0.717) is 6.42 Å². The van der Waals surface area contributed by atoms with Crippen LogP contribution in [0.25, 0.3) is 0 Å². The first-order valence-electron chi connectivity index (χ1n) is 6.56. The Hall–Kier alpha value is -1.54. The number of aliphatic hydroxyl groups excluding tert-OH is 1. The van der Waals surface area contributed by atoms with Gasteiger partial charge in [-0.1, -0.05) is 31.5 Å². The van der Waals surface area contributed by atoms with Gasteiger partial charge in [0.25, 0.3) is 9.84 Å². The van der Waals surface area contributed by atoms with Crippen LogP contribution in [0.4, 0.5) is 4.39 Å². The molecule has 8 heteroatoms. The van der Waals surface area contributed by atoms with Crippen molar-refractivity contribution < 1.29 is 22.8 Å². The van der Waals surface area contributed by atoms with Crippen LogP contribution in [0.3, 0.4) is 0 Å². The Bertz CT molecular complexity index is 571. The number of hydrogen-bond acceptors (Lipinski definition) is 5. The van der Waals surface area contributed by atoms with Gasteiger partial charge in [0.15, 0.2) is 0 Å². The molecule has 0 aliphatic carbocycles. The molecule has 118 valence electrons. The molecule has 1 N–H and O–H groups in total. The van der Waals surface area contributed by atoms with Crippen molar-refractivity contribution in [1.29, 1.82) is 0 Å². The van der Waals surface area contributed by atoms with Crippen LogP contribution in [0, 0.1) is 16.0 Å². The second-order valence-corrected chi connectivity index (χ2v) is 6.73. The maximum absolute atomic E-state index is 15.0. The molecule has 1 aromatic rings. The molecule has 0 spiro atoms. The van der Waals surface area contributed by atoms with E-state index >= 15 is 4.39 Å². The molecule has 0 unspecified atom stereocenters. The van der Waals surface area contributed by atoms with Crippen molar-refractivity contribution in [2.45, 2.75) is 36.2 Å². The van der Waals surface area contributed by atoms with E-state index in [2.05, 4.69) is 0 Å². The van der Waals surface area contributed by atoms with Crippen molar-refractivity contribution >= 4 is 9.84 Å². The Balaban J connectivity index is 3.42. The molecule has 1 aromatic carbocycles. The third-order valence-electron chi connectivity index (χ3n) is 3.30. The summed E-state index contributed by atoms with van der Waals surface area (Å²) in [4.78, 5) is 9.36. The summed E-state index contributed by atoms with van der Waals surface area (Å²) in [6, 6.07) is 6.51. The van der Waals surface area contributed by atoms with Crippen molar-refractivity contribution in [2.75, 3.05) is 6.61 Å². The largest absolute Gasteiger partial charge is 0.465 e. The molecule has 2 atom stereocenters. The molecule has 0 saturated heterocycles. The van der Waals surface area contributed by atoms with Gasteiger partial charge in [-0.3, -0.25) is 10.1 Å². The van der Waals surface area contributed by atoms with Crippen molar-refractivity contribution in [3.05, 3.63) is 40.4 Å². The van der Waals surface area contributed by atoms with E-state index in [9.17, 15) is 18.5 Å². The molecular weight excluding hydrogens is 301 g/mol. The lowest BCUT2D eigenvalue weighted by Crippen LogP contribution is -2.49. The normalized spacial score (nSPS) is 16.1. The fourth-order valence-corrected chi connectivity index (χ4v) is 3.95. The number of sulfone groups is 1. The Morgan fingerprint density at radius 2 is 1.90 bits per heavy atom. The summed E-state index contributed by atoms with van der Waals surface area (Å²) in [6.45, 7) is 1.15. The summed E-state index contributed by atoms with van der Waals surface area (Å²) in [7, 11) is -4.82. The minimum atomic E-state index is -4.82. The van der Waals surface area contributed by atoms with E-state index in [0.717, 1.165) is 12.1 Å². The molecular formula is C13H18FNO5S. The van der Waals surface area contributed by atoms with Gasteiger partial charge in [0.05, 0.1) is 15.7 Å². The number of nitrogens with zero attached hydrogens (tertiary/aromatic N) is 1. The van der Waals surface area contributed by atoms with Crippen LogP contribution in [-0.4, -0.2) is 30.2 Å². The van der Waals surface area contributed by atoms with Gasteiger partial charge in [0, 0.05) is 6.61 Å². The highest BCUT2D eigenvalue weighted by atomic mass is 32.2. The molecule has 0 saturated carbocycles. The van der Waals surface area contributed by atoms with Crippen LogP contribution in [0.5, 0.6) is 0 Å². The van der Waals surface area contributed by atoms with Crippen LogP contribution in [0.1, 0.15) is 26.2 Å². The zero-order valence-corrected chi connectivity index (χ0v) is 12.4.